The van der Waals surface area contributed by atoms with E-state index in [0.29, 0.717) is 5.75 Å². The van der Waals surface area contributed by atoms with Gasteiger partial charge in [-0.05, 0) is 46.6 Å². The first-order valence-corrected chi connectivity index (χ1v) is 8.33. The van der Waals surface area contributed by atoms with Crippen LogP contribution in [0.1, 0.15) is 85.1 Å². The lowest BCUT2D eigenvalue weighted by atomic mass is 9.78. The van der Waals surface area contributed by atoms with Crippen molar-refractivity contribution in [2.75, 3.05) is 0 Å². The van der Waals surface area contributed by atoms with Gasteiger partial charge in [-0.3, -0.25) is 4.79 Å². The molecule has 0 spiro atoms. The van der Waals surface area contributed by atoms with Crippen molar-refractivity contribution in [1.29, 1.82) is 0 Å². The number of carbonyl (C=O) groups excluding carboxylic acids is 1. The molecule has 0 aliphatic heterocycles. The molecule has 130 valence electrons. The van der Waals surface area contributed by atoms with Crippen LogP contribution in [0.5, 0.6) is 5.75 Å². The average molecular weight is 320 g/mol. The number of aromatic hydroxyl groups is 1. The van der Waals surface area contributed by atoms with Gasteiger partial charge in [-0.15, -0.1) is 0 Å². The van der Waals surface area contributed by atoms with Gasteiger partial charge in [-0.2, -0.15) is 0 Å². The van der Waals surface area contributed by atoms with Crippen molar-refractivity contribution in [1.82, 2.24) is 0 Å². The third-order valence-corrected chi connectivity index (χ3v) is 3.98. The Labute approximate surface area is 141 Å². The lowest BCUT2D eigenvalue weighted by molar-refractivity contribution is -0.152. The second-order valence-corrected chi connectivity index (χ2v) is 8.70. The zero-order chi connectivity index (χ0) is 18.2. The highest BCUT2D eigenvalue weighted by Crippen LogP contribution is 2.41. The number of phenols is 1. The molecule has 1 N–H and O–H groups in total. The van der Waals surface area contributed by atoms with Crippen LogP contribution in [0, 0.1) is 5.92 Å². The maximum absolute atomic E-state index is 11.9. The Hall–Kier alpha value is -1.51. The maximum Gasteiger partial charge on any atom is 0.308 e. The first-order valence-electron chi connectivity index (χ1n) is 8.33. The number of rotatable bonds is 3. The molecule has 3 nitrogen and oxygen atoms in total. The third kappa shape index (κ3) is 4.73. The number of benzene rings is 1. The number of hydrogen-bond acceptors (Lipinski definition) is 3. The molecule has 0 saturated heterocycles. The quantitative estimate of drug-likeness (QED) is 0.774. The molecule has 0 aliphatic carbocycles. The summed E-state index contributed by atoms with van der Waals surface area (Å²) < 4.78 is 5.55. The van der Waals surface area contributed by atoms with E-state index in [0.717, 1.165) is 16.7 Å². The lowest BCUT2D eigenvalue weighted by Crippen LogP contribution is -2.20. The summed E-state index contributed by atoms with van der Waals surface area (Å²) in [6, 6.07) is 3.92. The van der Waals surface area contributed by atoms with Gasteiger partial charge in [0.25, 0.3) is 0 Å². The highest BCUT2D eigenvalue weighted by atomic mass is 16.5. The number of esters is 1. The molecule has 1 aromatic rings. The summed E-state index contributed by atoms with van der Waals surface area (Å²) in [5.41, 5.74) is 2.30. The molecule has 0 bridgehead atoms. The maximum atomic E-state index is 11.9. The van der Waals surface area contributed by atoms with Gasteiger partial charge >= 0.3 is 5.97 Å². The van der Waals surface area contributed by atoms with Crippen molar-refractivity contribution in [3.05, 3.63) is 28.8 Å². The molecule has 0 amide bonds. The van der Waals surface area contributed by atoms with Crippen LogP contribution in [0.15, 0.2) is 12.1 Å². The molecular weight excluding hydrogens is 288 g/mol. The molecule has 0 radical (unpaired) electrons. The van der Waals surface area contributed by atoms with Crippen LogP contribution in [0.2, 0.25) is 0 Å². The van der Waals surface area contributed by atoms with Crippen LogP contribution in [0.3, 0.4) is 0 Å². The standard InChI is InChI=1S/C20H32O3/c1-12(2)18(22)23-13(3)14-10-15(19(4,5)6)17(21)16(11-14)20(7,8)9/h10-13,21H,1-9H3. The molecule has 3 heteroatoms. The molecule has 1 atom stereocenters. The molecule has 1 aromatic carbocycles. The van der Waals surface area contributed by atoms with Gasteiger partial charge < -0.3 is 9.84 Å². The summed E-state index contributed by atoms with van der Waals surface area (Å²) in [6.07, 6.45) is -0.340. The van der Waals surface area contributed by atoms with Crippen LogP contribution in [-0.4, -0.2) is 11.1 Å². The summed E-state index contributed by atoms with van der Waals surface area (Å²) in [7, 11) is 0. The van der Waals surface area contributed by atoms with Crippen LogP contribution in [0.4, 0.5) is 0 Å². The van der Waals surface area contributed by atoms with Crippen LogP contribution < -0.4 is 0 Å². The Morgan fingerprint density at radius 3 is 1.65 bits per heavy atom. The van der Waals surface area contributed by atoms with E-state index in [9.17, 15) is 9.90 Å². The van der Waals surface area contributed by atoms with Crippen LogP contribution in [-0.2, 0) is 20.4 Å². The van der Waals surface area contributed by atoms with Crippen LogP contribution in [0.25, 0.3) is 0 Å². The van der Waals surface area contributed by atoms with Gasteiger partial charge in [0.2, 0.25) is 0 Å². The van der Waals surface area contributed by atoms with E-state index in [-0.39, 0.29) is 28.8 Å². The van der Waals surface area contributed by atoms with Gasteiger partial charge in [0.15, 0.2) is 0 Å². The Kier molecular flexibility index (Phi) is 5.56. The van der Waals surface area contributed by atoms with Crippen LogP contribution >= 0.6 is 0 Å². The minimum atomic E-state index is -0.340. The van der Waals surface area contributed by atoms with Gasteiger partial charge in [0.1, 0.15) is 11.9 Å². The molecule has 0 saturated carbocycles. The number of phenolic OH excluding ortho intramolecular Hbond substituents is 1. The molecule has 23 heavy (non-hydrogen) atoms. The first-order chi connectivity index (χ1) is 10.2. The molecule has 0 aliphatic rings. The lowest BCUT2D eigenvalue weighted by Gasteiger charge is -2.29. The zero-order valence-electron chi connectivity index (χ0n) is 16.1. The van der Waals surface area contributed by atoms with E-state index in [1.807, 2.05) is 32.9 Å². The van der Waals surface area contributed by atoms with E-state index < -0.39 is 0 Å². The predicted molar refractivity (Wildman–Crippen MR) is 94.9 cm³/mol. The second-order valence-electron chi connectivity index (χ2n) is 8.70. The minimum Gasteiger partial charge on any atom is -0.507 e. The fourth-order valence-corrected chi connectivity index (χ4v) is 2.41. The average Bonchev–Trinajstić information content (AvgIpc) is 2.35. The molecule has 1 rings (SSSR count). The summed E-state index contributed by atoms with van der Waals surface area (Å²) in [5, 5.41) is 10.7. The highest BCUT2D eigenvalue weighted by molar-refractivity contribution is 5.71. The third-order valence-electron chi connectivity index (χ3n) is 3.98. The van der Waals surface area contributed by atoms with E-state index >= 15 is 0 Å². The first kappa shape index (κ1) is 19.5. The topological polar surface area (TPSA) is 46.5 Å². The van der Waals surface area contributed by atoms with Gasteiger partial charge in [0, 0.05) is 0 Å². The highest BCUT2D eigenvalue weighted by Gasteiger charge is 2.28. The van der Waals surface area contributed by atoms with E-state index in [2.05, 4.69) is 41.5 Å². The monoisotopic (exact) mass is 320 g/mol. The number of carbonyl (C=O) groups is 1. The molecule has 0 aromatic heterocycles. The Balaban J connectivity index is 3.41. The minimum absolute atomic E-state index is 0.154. The van der Waals surface area contributed by atoms with Crippen molar-refractivity contribution in [3.8, 4) is 5.75 Å². The Morgan fingerprint density at radius 1 is 0.957 bits per heavy atom. The van der Waals surface area contributed by atoms with Gasteiger partial charge in [-0.25, -0.2) is 0 Å². The van der Waals surface area contributed by atoms with Gasteiger partial charge in [0.05, 0.1) is 5.92 Å². The van der Waals surface area contributed by atoms with Crippen molar-refractivity contribution < 1.29 is 14.6 Å². The fraction of sp³-hybridized carbons (Fsp3) is 0.650. The fourth-order valence-electron chi connectivity index (χ4n) is 2.41. The largest absolute Gasteiger partial charge is 0.507 e. The van der Waals surface area contributed by atoms with Crippen molar-refractivity contribution >= 4 is 5.97 Å². The second kappa shape index (κ2) is 6.54. The predicted octanol–water partition coefficient (Wildman–Crippen LogP) is 5.25. The normalized spacial score (nSPS) is 14.0. The summed E-state index contributed by atoms with van der Waals surface area (Å²) in [5.74, 6) is -0.0185. The number of ether oxygens (including phenoxy) is 1. The van der Waals surface area contributed by atoms with Gasteiger partial charge in [-0.1, -0.05) is 55.4 Å². The Bertz CT molecular complexity index is 537. The van der Waals surface area contributed by atoms with Crippen molar-refractivity contribution in [2.45, 2.75) is 79.2 Å². The molecule has 0 heterocycles. The van der Waals surface area contributed by atoms with E-state index in [1.54, 1.807) is 0 Å². The van der Waals surface area contributed by atoms with E-state index in [1.165, 1.54) is 0 Å². The SMILES string of the molecule is CC(C)C(=O)OC(C)c1cc(C(C)(C)C)c(O)c(C(C)(C)C)c1. The summed E-state index contributed by atoms with van der Waals surface area (Å²) in [4.78, 5) is 11.9. The summed E-state index contributed by atoms with van der Waals surface area (Å²) in [6.45, 7) is 18.0. The molecular formula is C20H32O3. The molecule has 1 unspecified atom stereocenters. The van der Waals surface area contributed by atoms with Crippen molar-refractivity contribution in [2.24, 2.45) is 5.92 Å². The summed E-state index contributed by atoms with van der Waals surface area (Å²) >= 11 is 0. The van der Waals surface area contributed by atoms with Crippen molar-refractivity contribution in [3.63, 3.8) is 0 Å². The number of hydrogen-bond donors (Lipinski definition) is 1. The Morgan fingerprint density at radius 2 is 1.35 bits per heavy atom. The zero-order valence-corrected chi connectivity index (χ0v) is 16.1. The van der Waals surface area contributed by atoms with E-state index in [4.69, 9.17) is 4.74 Å². The molecule has 0 fully saturated rings. The smallest absolute Gasteiger partial charge is 0.308 e.